The third-order valence-corrected chi connectivity index (χ3v) is 3.67. The Hall–Kier alpha value is -1.91. The summed E-state index contributed by atoms with van der Waals surface area (Å²) in [6, 6.07) is 12.7. The van der Waals surface area contributed by atoms with Crippen molar-refractivity contribution in [1.82, 2.24) is 5.43 Å². The summed E-state index contributed by atoms with van der Waals surface area (Å²) in [5.41, 5.74) is 6.24. The van der Waals surface area contributed by atoms with Crippen LogP contribution in [0.4, 0.5) is 4.39 Å². The zero-order chi connectivity index (χ0) is 13.9. The Bertz CT molecular complexity index is 598. The number of hydrazine groups is 1. The van der Waals surface area contributed by atoms with E-state index in [2.05, 4.69) is 11.5 Å². The molecule has 0 fully saturated rings. The zero-order valence-electron chi connectivity index (χ0n) is 11.1. The van der Waals surface area contributed by atoms with Crippen molar-refractivity contribution >= 4 is 0 Å². The number of hydrogen-bond acceptors (Lipinski definition) is 3. The molecule has 3 nitrogen and oxygen atoms in total. The highest BCUT2D eigenvalue weighted by atomic mass is 19.1. The van der Waals surface area contributed by atoms with Gasteiger partial charge in [0.15, 0.2) is 0 Å². The average molecular weight is 272 g/mol. The maximum atomic E-state index is 12.9. The van der Waals surface area contributed by atoms with Crippen molar-refractivity contribution in [2.24, 2.45) is 5.84 Å². The van der Waals surface area contributed by atoms with Crippen LogP contribution in [-0.2, 0) is 12.8 Å². The summed E-state index contributed by atoms with van der Waals surface area (Å²) in [6.07, 6.45) is 1.66. The minimum Gasteiger partial charge on any atom is -0.493 e. The van der Waals surface area contributed by atoms with E-state index in [1.54, 1.807) is 12.1 Å². The fourth-order valence-corrected chi connectivity index (χ4v) is 2.55. The van der Waals surface area contributed by atoms with E-state index in [1.165, 1.54) is 17.7 Å². The summed E-state index contributed by atoms with van der Waals surface area (Å²) in [5.74, 6) is 6.42. The first-order chi connectivity index (χ1) is 9.76. The van der Waals surface area contributed by atoms with Gasteiger partial charge in [0.1, 0.15) is 11.6 Å². The van der Waals surface area contributed by atoms with Gasteiger partial charge < -0.3 is 4.74 Å². The Morgan fingerprint density at radius 3 is 2.75 bits per heavy atom. The topological polar surface area (TPSA) is 47.3 Å². The highest BCUT2D eigenvalue weighted by Gasteiger charge is 2.16. The summed E-state index contributed by atoms with van der Waals surface area (Å²) in [5, 5.41) is 0. The molecule has 1 aliphatic heterocycles. The van der Waals surface area contributed by atoms with Crippen molar-refractivity contribution in [2.75, 3.05) is 6.61 Å². The molecule has 0 saturated heterocycles. The minimum absolute atomic E-state index is 0.00589. The van der Waals surface area contributed by atoms with Crippen molar-refractivity contribution in [2.45, 2.75) is 18.9 Å². The van der Waals surface area contributed by atoms with Gasteiger partial charge in [-0.15, -0.1) is 0 Å². The van der Waals surface area contributed by atoms with Crippen LogP contribution in [-0.4, -0.2) is 6.61 Å². The van der Waals surface area contributed by atoms with Crippen LogP contribution in [0.1, 0.15) is 22.7 Å². The molecule has 2 aromatic rings. The third kappa shape index (κ3) is 2.66. The number of nitrogens with two attached hydrogens (primary N) is 1. The third-order valence-electron chi connectivity index (χ3n) is 3.67. The van der Waals surface area contributed by atoms with E-state index >= 15 is 0 Å². The van der Waals surface area contributed by atoms with E-state index in [1.807, 2.05) is 12.1 Å². The number of nitrogens with one attached hydrogen (secondary N) is 1. The predicted molar refractivity (Wildman–Crippen MR) is 75.8 cm³/mol. The lowest BCUT2D eigenvalue weighted by atomic mass is 9.97. The summed E-state index contributed by atoms with van der Waals surface area (Å²) in [7, 11) is 0. The molecule has 1 atom stereocenters. The predicted octanol–water partition coefficient (Wildman–Crippen LogP) is 2.51. The molecule has 1 unspecified atom stereocenters. The van der Waals surface area contributed by atoms with Gasteiger partial charge in [-0.1, -0.05) is 24.3 Å². The van der Waals surface area contributed by atoms with Crippen LogP contribution in [0, 0.1) is 5.82 Å². The van der Waals surface area contributed by atoms with Gasteiger partial charge in [-0.05, 0) is 41.3 Å². The molecule has 0 radical (unpaired) electrons. The quantitative estimate of drug-likeness (QED) is 0.664. The summed E-state index contributed by atoms with van der Waals surface area (Å²) >= 11 is 0. The second-order valence-electron chi connectivity index (χ2n) is 5.02. The van der Waals surface area contributed by atoms with Gasteiger partial charge in [-0.3, -0.25) is 11.3 Å². The van der Waals surface area contributed by atoms with Crippen molar-refractivity contribution in [3.63, 3.8) is 0 Å². The van der Waals surface area contributed by atoms with Crippen LogP contribution in [0.15, 0.2) is 42.5 Å². The van der Waals surface area contributed by atoms with E-state index < -0.39 is 0 Å². The molecule has 3 N–H and O–H groups in total. The molecule has 0 saturated carbocycles. The number of ether oxygens (including phenoxy) is 1. The second kappa shape index (κ2) is 5.61. The molecule has 4 heteroatoms. The maximum absolute atomic E-state index is 12.9. The summed E-state index contributed by atoms with van der Waals surface area (Å²) in [4.78, 5) is 0. The van der Waals surface area contributed by atoms with Gasteiger partial charge in [0.05, 0.1) is 6.61 Å². The van der Waals surface area contributed by atoms with Gasteiger partial charge >= 0.3 is 0 Å². The van der Waals surface area contributed by atoms with Gasteiger partial charge in [-0.25, -0.2) is 4.39 Å². The first-order valence-electron chi connectivity index (χ1n) is 6.72. The smallest absolute Gasteiger partial charge is 0.123 e. The zero-order valence-corrected chi connectivity index (χ0v) is 11.1. The Morgan fingerprint density at radius 2 is 2.00 bits per heavy atom. The Labute approximate surface area is 117 Å². The van der Waals surface area contributed by atoms with E-state index in [0.717, 1.165) is 36.3 Å². The van der Waals surface area contributed by atoms with E-state index in [4.69, 9.17) is 10.6 Å². The fourth-order valence-electron chi connectivity index (χ4n) is 2.55. The molecule has 2 aromatic carbocycles. The Balaban J connectivity index is 1.81. The van der Waals surface area contributed by atoms with Crippen LogP contribution in [0.5, 0.6) is 5.75 Å². The standard InChI is InChI=1S/C16H17FN2O/c17-14-4-1-11(2-5-14)9-15(19-18)12-3-6-16-13(10-12)7-8-20-16/h1-6,10,15,19H,7-9,18H2. The number of benzene rings is 2. The Morgan fingerprint density at radius 1 is 1.20 bits per heavy atom. The van der Waals surface area contributed by atoms with Crippen LogP contribution in [0.2, 0.25) is 0 Å². The molecule has 3 rings (SSSR count). The van der Waals surface area contributed by atoms with Gasteiger partial charge in [-0.2, -0.15) is 0 Å². The lowest BCUT2D eigenvalue weighted by Crippen LogP contribution is -2.29. The summed E-state index contributed by atoms with van der Waals surface area (Å²) in [6.45, 7) is 0.747. The molecule has 1 heterocycles. The second-order valence-corrected chi connectivity index (χ2v) is 5.02. The molecule has 20 heavy (non-hydrogen) atoms. The number of hydrogen-bond donors (Lipinski definition) is 2. The largest absolute Gasteiger partial charge is 0.493 e. The first-order valence-corrected chi connectivity index (χ1v) is 6.72. The molecule has 0 spiro atoms. The molecule has 1 aliphatic rings. The van der Waals surface area contributed by atoms with Crippen molar-refractivity contribution < 1.29 is 9.13 Å². The van der Waals surface area contributed by atoms with Gasteiger partial charge in [0, 0.05) is 12.5 Å². The average Bonchev–Trinajstić information content (AvgIpc) is 2.94. The Kier molecular flexibility index (Phi) is 3.67. The molecular weight excluding hydrogens is 255 g/mol. The molecule has 0 bridgehead atoms. The van der Waals surface area contributed by atoms with Crippen LogP contribution >= 0.6 is 0 Å². The molecular formula is C16H17FN2O. The number of rotatable bonds is 4. The van der Waals surface area contributed by atoms with Gasteiger partial charge in [0.2, 0.25) is 0 Å². The van der Waals surface area contributed by atoms with Crippen LogP contribution in [0.25, 0.3) is 0 Å². The van der Waals surface area contributed by atoms with Crippen molar-refractivity contribution in [1.29, 1.82) is 0 Å². The maximum Gasteiger partial charge on any atom is 0.123 e. The number of halogens is 1. The monoisotopic (exact) mass is 272 g/mol. The van der Waals surface area contributed by atoms with Crippen molar-refractivity contribution in [3.05, 3.63) is 65.0 Å². The molecule has 104 valence electrons. The van der Waals surface area contributed by atoms with E-state index in [-0.39, 0.29) is 11.9 Å². The van der Waals surface area contributed by atoms with Crippen LogP contribution in [0.3, 0.4) is 0 Å². The summed E-state index contributed by atoms with van der Waals surface area (Å²) < 4.78 is 18.4. The highest BCUT2D eigenvalue weighted by molar-refractivity contribution is 5.41. The van der Waals surface area contributed by atoms with E-state index in [0.29, 0.717) is 0 Å². The van der Waals surface area contributed by atoms with Crippen molar-refractivity contribution in [3.8, 4) is 5.75 Å². The molecule has 0 aromatic heterocycles. The van der Waals surface area contributed by atoms with Crippen LogP contribution < -0.4 is 16.0 Å². The van der Waals surface area contributed by atoms with E-state index in [9.17, 15) is 4.39 Å². The normalized spacial score (nSPS) is 14.7. The first kappa shape index (κ1) is 13.1. The lowest BCUT2D eigenvalue weighted by Gasteiger charge is -2.17. The number of fused-ring (bicyclic) bond motifs is 1. The molecule has 0 amide bonds. The molecule has 0 aliphatic carbocycles. The highest BCUT2D eigenvalue weighted by Crippen LogP contribution is 2.29. The lowest BCUT2D eigenvalue weighted by molar-refractivity contribution is 0.356. The fraction of sp³-hybridized carbons (Fsp3) is 0.250. The SMILES string of the molecule is NNC(Cc1ccc(F)cc1)c1ccc2c(c1)CCO2. The minimum atomic E-state index is -0.222. The van der Waals surface area contributed by atoms with Gasteiger partial charge in [0.25, 0.3) is 0 Å².